The zero-order chi connectivity index (χ0) is 72.4. The quantitative estimate of drug-likeness (QED) is 0.0274. The van der Waals surface area contributed by atoms with Gasteiger partial charge in [-0.25, -0.2) is 0 Å². The zero-order valence-electron chi connectivity index (χ0n) is 63.8. The lowest BCUT2D eigenvalue weighted by Gasteiger charge is -2.15. The number of fused-ring (bicyclic) bond motifs is 2. The molecule has 0 N–H and O–H groups in total. The van der Waals surface area contributed by atoms with Gasteiger partial charge in [0.2, 0.25) is 0 Å². The monoisotopic (exact) mass is 1400 g/mol. The Morgan fingerprint density at radius 1 is 0.252 bits per heavy atom. The summed E-state index contributed by atoms with van der Waals surface area (Å²) in [7, 11) is 0. The summed E-state index contributed by atoms with van der Waals surface area (Å²) in [5, 5.41) is 0. The molecule has 10 heteroatoms. The molecule has 0 saturated heterocycles. The third-order valence-corrected chi connectivity index (χ3v) is 17.8. The lowest BCUT2D eigenvalue weighted by molar-refractivity contribution is 0.0640. The second-order valence-corrected chi connectivity index (χ2v) is 26.6. The van der Waals surface area contributed by atoms with Gasteiger partial charge in [0.15, 0.2) is 23.0 Å². The van der Waals surface area contributed by atoms with Crippen LogP contribution in [-0.2, 0) is 9.47 Å². The molecule has 6 aromatic rings. The van der Waals surface area contributed by atoms with Gasteiger partial charge in [0.25, 0.3) is 0 Å². The predicted molar refractivity (Wildman–Crippen MR) is 425 cm³/mol. The molecular formula is C93H124O10. The van der Waals surface area contributed by atoms with Gasteiger partial charge in [-0.3, -0.25) is 0 Å². The van der Waals surface area contributed by atoms with Gasteiger partial charge in [0.1, 0.15) is 49.4 Å². The van der Waals surface area contributed by atoms with Crippen LogP contribution in [0.5, 0.6) is 46.0 Å². The Bertz CT molecular complexity index is 3460. The fourth-order valence-corrected chi connectivity index (χ4v) is 11.8. The second kappa shape index (κ2) is 56.4. The van der Waals surface area contributed by atoms with Gasteiger partial charge >= 0.3 is 0 Å². The number of hydrogen-bond acceptors (Lipinski definition) is 10. The lowest BCUT2D eigenvalue weighted by atomic mass is 10.1. The Morgan fingerprint density at radius 2 is 0.524 bits per heavy atom. The Morgan fingerprint density at radius 3 is 0.845 bits per heavy atom. The minimum atomic E-state index is 0.325. The van der Waals surface area contributed by atoms with Crippen molar-refractivity contribution in [3.05, 3.63) is 166 Å². The molecule has 10 nitrogen and oxygen atoms in total. The number of ether oxygens (including phenoxy) is 10. The van der Waals surface area contributed by atoms with Crippen molar-refractivity contribution in [3.8, 4) is 93.4 Å². The van der Waals surface area contributed by atoms with Crippen LogP contribution in [0.1, 0.15) is 279 Å². The molecule has 7 rings (SSSR count). The van der Waals surface area contributed by atoms with Crippen molar-refractivity contribution < 1.29 is 47.4 Å². The minimum Gasteiger partial charge on any atom is -0.492 e. The Kier molecular flexibility index (Phi) is 45.9. The highest BCUT2D eigenvalue weighted by Gasteiger charge is 2.15. The van der Waals surface area contributed by atoms with Gasteiger partial charge in [-0.1, -0.05) is 297 Å². The zero-order valence-corrected chi connectivity index (χ0v) is 63.8. The highest BCUT2D eigenvalue weighted by atomic mass is 16.6. The standard InChI is InChI=1S/C56H72O8.C37H52O2/c1-3-5-7-9-11-13-15-22-34-59-54-46-50(55(60-35-23-16-14-12-10-8-6-4-2)45-49(54)31-28-47-24-18-17-19-25-47)32-29-48-30-33-53-56(44-48)64-43-39-58-37-41-62-52-27-21-20-26-51(52)61-40-36-57-38-42-63-53;1-4-7-9-11-13-15-17-22-29-38-36-32-35(28-27-33-25-20-19-21-26-33)37(31-34(36)24-6-3)39-30-23-18-16-14-12-10-8-5-2/h17-21,24-27,30,33,44-46H,3-16,22-23,34-43H2,1-2H3;19-21,25-26,31-32H,4-5,7-18,22-23,29-30H2,1-3H3. The van der Waals surface area contributed by atoms with E-state index in [9.17, 15) is 0 Å². The third kappa shape index (κ3) is 37.2. The van der Waals surface area contributed by atoms with Crippen LogP contribution in [0, 0.1) is 47.4 Å². The van der Waals surface area contributed by atoms with E-state index in [0.29, 0.717) is 108 Å². The number of hydrogen-bond donors (Lipinski definition) is 0. The van der Waals surface area contributed by atoms with Crippen molar-refractivity contribution in [2.75, 3.05) is 79.3 Å². The molecule has 0 aliphatic carbocycles. The minimum absolute atomic E-state index is 0.325. The highest BCUT2D eigenvalue weighted by molar-refractivity contribution is 5.62. The van der Waals surface area contributed by atoms with E-state index in [-0.39, 0.29) is 0 Å². The molecule has 6 aromatic carbocycles. The molecule has 0 saturated carbocycles. The van der Waals surface area contributed by atoms with E-state index in [1.54, 1.807) is 0 Å². The first-order chi connectivity index (χ1) is 51.0. The summed E-state index contributed by atoms with van der Waals surface area (Å²) < 4.78 is 61.5. The molecule has 0 radical (unpaired) electrons. The first-order valence-corrected chi connectivity index (χ1v) is 39.9. The average molecular weight is 1400 g/mol. The fraction of sp³-hybridized carbons (Fsp3) is 0.527. The lowest BCUT2D eigenvalue weighted by Crippen LogP contribution is -2.15. The first-order valence-electron chi connectivity index (χ1n) is 39.9. The number of unbranched alkanes of at least 4 members (excludes halogenated alkanes) is 28. The van der Waals surface area contributed by atoms with Crippen molar-refractivity contribution in [1.82, 2.24) is 0 Å². The molecule has 0 spiro atoms. The summed E-state index contributed by atoms with van der Waals surface area (Å²) in [4.78, 5) is 0. The summed E-state index contributed by atoms with van der Waals surface area (Å²) >= 11 is 0. The van der Waals surface area contributed by atoms with Gasteiger partial charge in [0, 0.05) is 41.0 Å². The number of rotatable bonds is 40. The summed E-state index contributed by atoms with van der Waals surface area (Å²) in [5.41, 5.74) is 6.01. The number of benzene rings is 6. The smallest absolute Gasteiger partial charge is 0.162 e. The van der Waals surface area contributed by atoms with E-state index in [4.69, 9.17) is 47.4 Å². The van der Waals surface area contributed by atoms with E-state index in [1.165, 1.54) is 167 Å². The van der Waals surface area contributed by atoms with E-state index in [0.717, 1.165) is 94.7 Å². The maximum Gasteiger partial charge on any atom is 0.162 e. The van der Waals surface area contributed by atoms with Crippen LogP contribution in [0.3, 0.4) is 0 Å². The van der Waals surface area contributed by atoms with Crippen LogP contribution in [0.25, 0.3) is 0 Å². The summed E-state index contributed by atoms with van der Waals surface area (Å²) in [6.07, 6.45) is 40.2. The van der Waals surface area contributed by atoms with Gasteiger partial charge in [-0.05, 0) is 87.2 Å². The van der Waals surface area contributed by atoms with E-state index in [2.05, 4.69) is 75.1 Å². The van der Waals surface area contributed by atoms with E-state index < -0.39 is 0 Å². The van der Waals surface area contributed by atoms with Crippen molar-refractivity contribution in [2.24, 2.45) is 0 Å². The Balaban J connectivity index is 0.000000365. The van der Waals surface area contributed by atoms with Gasteiger partial charge < -0.3 is 47.4 Å². The van der Waals surface area contributed by atoms with Crippen LogP contribution in [-0.4, -0.2) is 79.3 Å². The molecule has 1 aliphatic rings. The third-order valence-electron chi connectivity index (χ3n) is 17.8. The maximum atomic E-state index is 6.54. The molecule has 556 valence electrons. The first kappa shape index (κ1) is 83.8. The van der Waals surface area contributed by atoms with Crippen LogP contribution in [0.2, 0.25) is 0 Å². The van der Waals surface area contributed by atoms with Crippen LogP contribution in [0.4, 0.5) is 0 Å². The summed E-state index contributed by atoms with van der Waals surface area (Å²) in [6.45, 7) is 16.6. The normalized spacial score (nSPS) is 12.2. The maximum absolute atomic E-state index is 6.54. The summed E-state index contributed by atoms with van der Waals surface area (Å²) in [6, 6.07) is 41.6. The van der Waals surface area contributed by atoms with E-state index >= 15 is 0 Å². The molecule has 0 amide bonds. The molecular weight excluding hydrogens is 1280 g/mol. The number of para-hydroxylation sites is 2. The van der Waals surface area contributed by atoms with Crippen LogP contribution in [0.15, 0.2) is 127 Å². The van der Waals surface area contributed by atoms with E-state index in [1.807, 2.05) is 134 Å². The second-order valence-electron chi connectivity index (χ2n) is 26.6. The Labute approximate surface area is 623 Å². The topological polar surface area (TPSA) is 92.3 Å². The largest absolute Gasteiger partial charge is 0.492 e. The predicted octanol–water partition coefficient (Wildman–Crippen LogP) is 23.3. The van der Waals surface area contributed by atoms with Crippen molar-refractivity contribution in [2.45, 2.75) is 240 Å². The average Bonchev–Trinajstić information content (AvgIpc) is 0.830. The molecule has 0 unspecified atom stereocenters. The van der Waals surface area contributed by atoms with Crippen molar-refractivity contribution in [1.29, 1.82) is 0 Å². The molecule has 1 heterocycles. The molecule has 0 fully saturated rings. The molecule has 1 aliphatic heterocycles. The SMILES string of the molecule is CC#Cc1cc(OCCCCCCCCCC)c(C#Cc2ccccc2)cc1OCCCCCCCCCC.CCCCCCCCCCOc1cc(C#Cc2ccc3c(c2)OCCOCCOc2ccccc2OCCOCCO3)c(OCCCCCCCCCC)cc1C#Cc1ccccc1. The molecule has 103 heavy (non-hydrogen) atoms. The van der Waals surface area contributed by atoms with Gasteiger partial charge in [-0.15, -0.1) is 5.92 Å². The van der Waals surface area contributed by atoms with Crippen LogP contribution >= 0.6 is 0 Å². The summed E-state index contributed by atoms with van der Waals surface area (Å²) in [5.74, 6) is 32.1. The molecule has 0 bridgehead atoms. The van der Waals surface area contributed by atoms with Gasteiger partial charge in [0.05, 0.1) is 75.1 Å². The fourth-order valence-electron chi connectivity index (χ4n) is 11.8. The van der Waals surface area contributed by atoms with Crippen LogP contribution < -0.4 is 37.9 Å². The molecule has 0 atom stereocenters. The molecule has 0 aromatic heterocycles. The van der Waals surface area contributed by atoms with Crippen molar-refractivity contribution in [3.63, 3.8) is 0 Å². The van der Waals surface area contributed by atoms with Crippen molar-refractivity contribution >= 4 is 0 Å². The Hall–Kier alpha value is -8.12. The van der Waals surface area contributed by atoms with Gasteiger partial charge in [-0.2, -0.15) is 0 Å². The highest BCUT2D eigenvalue weighted by Crippen LogP contribution is 2.33.